The summed E-state index contributed by atoms with van der Waals surface area (Å²) in [6, 6.07) is 3.75. The number of hydrogen-bond donors (Lipinski definition) is 1. The first-order valence-corrected chi connectivity index (χ1v) is 10.5. The summed E-state index contributed by atoms with van der Waals surface area (Å²) in [7, 11) is 5.02. The van der Waals surface area contributed by atoms with E-state index < -0.39 is 0 Å². The standard InChI is InChI=1S/C23H27N5O5/c1-15-9-18(26-19-14-28(23(29)21(15)19)17-12-25-27(2)13-17)16-10-20(31-4)22(24-11-16)33-8-7-32-6-5-30-3/h9-14,29H,5-8H2,1-4H3. The lowest BCUT2D eigenvalue weighted by Crippen LogP contribution is -2.11. The third kappa shape index (κ3) is 4.76. The molecule has 0 saturated heterocycles. The van der Waals surface area contributed by atoms with Crippen molar-refractivity contribution in [3.8, 4) is 34.5 Å². The average Bonchev–Trinajstić information content (AvgIpc) is 3.39. The van der Waals surface area contributed by atoms with Crippen molar-refractivity contribution in [2.75, 3.05) is 40.6 Å². The van der Waals surface area contributed by atoms with Crippen LogP contribution < -0.4 is 9.47 Å². The van der Waals surface area contributed by atoms with E-state index in [0.29, 0.717) is 54.7 Å². The van der Waals surface area contributed by atoms with Crippen LogP contribution >= 0.6 is 0 Å². The molecule has 0 aromatic carbocycles. The Morgan fingerprint density at radius 2 is 1.85 bits per heavy atom. The Balaban J connectivity index is 1.59. The molecule has 4 aromatic heterocycles. The van der Waals surface area contributed by atoms with Crippen molar-refractivity contribution in [3.63, 3.8) is 0 Å². The number of methoxy groups -OCH3 is 2. The number of pyridine rings is 2. The van der Waals surface area contributed by atoms with E-state index in [4.69, 9.17) is 23.9 Å². The topological polar surface area (TPSA) is 106 Å². The van der Waals surface area contributed by atoms with E-state index in [1.807, 2.05) is 32.3 Å². The number of aryl methyl sites for hydroxylation is 2. The van der Waals surface area contributed by atoms with Gasteiger partial charge in [0.1, 0.15) is 6.61 Å². The molecule has 0 atom stereocenters. The number of fused-ring (bicyclic) bond motifs is 1. The molecule has 0 bridgehead atoms. The van der Waals surface area contributed by atoms with E-state index in [-0.39, 0.29) is 5.88 Å². The zero-order valence-corrected chi connectivity index (χ0v) is 19.1. The molecular weight excluding hydrogens is 426 g/mol. The van der Waals surface area contributed by atoms with Crippen molar-refractivity contribution < 1.29 is 24.1 Å². The summed E-state index contributed by atoms with van der Waals surface area (Å²) in [5.41, 5.74) is 3.80. The summed E-state index contributed by atoms with van der Waals surface area (Å²) in [6.45, 7) is 3.75. The van der Waals surface area contributed by atoms with Crippen LogP contribution in [0.5, 0.6) is 17.5 Å². The van der Waals surface area contributed by atoms with Gasteiger partial charge in [0.05, 0.1) is 55.4 Å². The fourth-order valence-electron chi connectivity index (χ4n) is 3.53. The fourth-order valence-corrected chi connectivity index (χ4v) is 3.53. The van der Waals surface area contributed by atoms with E-state index in [1.54, 1.807) is 42.1 Å². The number of aromatic hydroxyl groups is 1. The normalized spacial score (nSPS) is 11.3. The summed E-state index contributed by atoms with van der Waals surface area (Å²) in [5.74, 6) is 1.01. The van der Waals surface area contributed by atoms with Gasteiger partial charge in [0.15, 0.2) is 5.75 Å². The van der Waals surface area contributed by atoms with Crippen molar-refractivity contribution >= 4 is 10.9 Å². The van der Waals surface area contributed by atoms with Crippen LogP contribution in [0.3, 0.4) is 0 Å². The first-order chi connectivity index (χ1) is 16.0. The molecular formula is C23H27N5O5. The van der Waals surface area contributed by atoms with Crippen LogP contribution in [-0.2, 0) is 16.5 Å². The maximum Gasteiger partial charge on any atom is 0.257 e. The van der Waals surface area contributed by atoms with Gasteiger partial charge >= 0.3 is 0 Å². The van der Waals surface area contributed by atoms with Gasteiger partial charge in [0, 0.05) is 38.3 Å². The Bertz CT molecular complexity index is 1250. The largest absolute Gasteiger partial charge is 0.494 e. The molecule has 0 spiro atoms. The molecule has 0 aliphatic carbocycles. The number of hydrogen-bond acceptors (Lipinski definition) is 8. The second kappa shape index (κ2) is 9.88. The van der Waals surface area contributed by atoms with Crippen LogP contribution in [0.15, 0.2) is 36.9 Å². The lowest BCUT2D eigenvalue weighted by molar-refractivity contribution is 0.0532. The van der Waals surface area contributed by atoms with Crippen LogP contribution in [0.25, 0.3) is 27.8 Å². The highest BCUT2D eigenvalue weighted by molar-refractivity contribution is 5.90. The molecule has 4 heterocycles. The third-order valence-corrected chi connectivity index (χ3v) is 5.15. The van der Waals surface area contributed by atoms with E-state index in [9.17, 15) is 5.11 Å². The van der Waals surface area contributed by atoms with Crippen molar-refractivity contribution in [2.24, 2.45) is 7.05 Å². The first kappa shape index (κ1) is 22.6. The van der Waals surface area contributed by atoms with Gasteiger partial charge in [-0.2, -0.15) is 5.10 Å². The van der Waals surface area contributed by atoms with E-state index in [2.05, 4.69) is 10.1 Å². The number of nitrogens with zero attached hydrogens (tertiary/aromatic N) is 5. The quantitative estimate of drug-likeness (QED) is 0.366. The minimum atomic E-state index is 0.127. The summed E-state index contributed by atoms with van der Waals surface area (Å²) < 4.78 is 24.9. The summed E-state index contributed by atoms with van der Waals surface area (Å²) in [4.78, 5) is 9.16. The average molecular weight is 453 g/mol. The predicted molar refractivity (Wildman–Crippen MR) is 122 cm³/mol. The highest BCUT2D eigenvalue weighted by Crippen LogP contribution is 2.35. The van der Waals surface area contributed by atoms with Gasteiger partial charge in [-0.05, 0) is 24.6 Å². The molecule has 1 N–H and O–H groups in total. The van der Waals surface area contributed by atoms with Crippen molar-refractivity contribution in [1.82, 2.24) is 24.3 Å². The molecule has 4 rings (SSSR count). The monoisotopic (exact) mass is 453 g/mol. The second-order valence-corrected chi connectivity index (χ2v) is 7.46. The Hall–Kier alpha value is -3.63. The Labute approximate surface area is 191 Å². The van der Waals surface area contributed by atoms with Crippen LogP contribution in [0.2, 0.25) is 0 Å². The first-order valence-electron chi connectivity index (χ1n) is 10.5. The lowest BCUT2D eigenvalue weighted by atomic mass is 10.1. The maximum absolute atomic E-state index is 10.8. The zero-order chi connectivity index (χ0) is 23.4. The molecule has 0 fully saturated rings. The van der Waals surface area contributed by atoms with Gasteiger partial charge < -0.3 is 24.1 Å². The van der Waals surface area contributed by atoms with Crippen molar-refractivity contribution in [3.05, 3.63) is 42.5 Å². The van der Waals surface area contributed by atoms with E-state index in [1.165, 1.54) is 0 Å². The minimum Gasteiger partial charge on any atom is -0.494 e. The number of rotatable bonds is 10. The van der Waals surface area contributed by atoms with Crippen LogP contribution in [-0.4, -0.2) is 70.1 Å². The van der Waals surface area contributed by atoms with Crippen LogP contribution in [0, 0.1) is 6.92 Å². The van der Waals surface area contributed by atoms with Gasteiger partial charge in [0.2, 0.25) is 5.88 Å². The fraction of sp³-hybridized carbons (Fsp3) is 0.348. The molecule has 0 radical (unpaired) electrons. The van der Waals surface area contributed by atoms with Gasteiger partial charge in [0.25, 0.3) is 5.88 Å². The van der Waals surface area contributed by atoms with Gasteiger partial charge in [-0.25, -0.2) is 9.97 Å². The molecule has 0 unspecified atom stereocenters. The third-order valence-electron chi connectivity index (χ3n) is 5.15. The molecule has 0 saturated carbocycles. The Kier molecular flexibility index (Phi) is 6.76. The summed E-state index contributed by atoms with van der Waals surface area (Å²) in [6.07, 6.45) is 7.00. The number of ether oxygens (including phenoxy) is 4. The Morgan fingerprint density at radius 3 is 2.58 bits per heavy atom. The SMILES string of the molecule is COCCOCCOc1ncc(-c2cc(C)c3c(O)n(-c4cnn(C)c4)cc3n2)cc1OC. The van der Waals surface area contributed by atoms with Gasteiger partial charge in [-0.3, -0.25) is 9.25 Å². The highest BCUT2D eigenvalue weighted by atomic mass is 16.6. The molecule has 4 aromatic rings. The zero-order valence-electron chi connectivity index (χ0n) is 19.1. The smallest absolute Gasteiger partial charge is 0.257 e. The number of aromatic nitrogens is 5. The maximum atomic E-state index is 10.8. The minimum absolute atomic E-state index is 0.127. The molecule has 174 valence electrons. The molecule has 0 aliphatic rings. The predicted octanol–water partition coefficient (Wildman–Crippen LogP) is 2.89. The van der Waals surface area contributed by atoms with Gasteiger partial charge in [-0.15, -0.1) is 0 Å². The molecule has 33 heavy (non-hydrogen) atoms. The van der Waals surface area contributed by atoms with Crippen molar-refractivity contribution in [2.45, 2.75) is 6.92 Å². The highest BCUT2D eigenvalue weighted by Gasteiger charge is 2.17. The van der Waals surface area contributed by atoms with E-state index in [0.717, 1.165) is 16.8 Å². The summed E-state index contributed by atoms with van der Waals surface area (Å²) in [5, 5.41) is 15.6. The molecule has 0 aliphatic heterocycles. The van der Waals surface area contributed by atoms with Crippen molar-refractivity contribution in [1.29, 1.82) is 0 Å². The molecule has 10 nitrogen and oxygen atoms in total. The molecule has 10 heteroatoms. The van der Waals surface area contributed by atoms with Crippen LogP contribution in [0.1, 0.15) is 5.56 Å². The second-order valence-electron chi connectivity index (χ2n) is 7.46. The Morgan fingerprint density at radius 1 is 1.03 bits per heavy atom. The molecule has 0 amide bonds. The summed E-state index contributed by atoms with van der Waals surface area (Å²) >= 11 is 0. The lowest BCUT2D eigenvalue weighted by Gasteiger charge is -2.11. The van der Waals surface area contributed by atoms with E-state index >= 15 is 0 Å². The van der Waals surface area contributed by atoms with Gasteiger partial charge in [-0.1, -0.05) is 0 Å². The van der Waals surface area contributed by atoms with Crippen LogP contribution in [0.4, 0.5) is 0 Å².